The summed E-state index contributed by atoms with van der Waals surface area (Å²) in [6.07, 6.45) is 13.1. The Morgan fingerprint density at radius 1 is 0.628 bits per heavy atom. The molecule has 0 N–H and O–H groups in total. The van der Waals surface area contributed by atoms with Crippen molar-refractivity contribution in [3.05, 3.63) is 193 Å². The van der Waals surface area contributed by atoms with Gasteiger partial charge in [-0.1, -0.05) is 110 Å². The van der Waals surface area contributed by atoms with Crippen molar-refractivity contribution in [2.24, 2.45) is 0 Å². The van der Waals surface area contributed by atoms with Crippen molar-refractivity contribution in [1.82, 2.24) is 15.0 Å². The number of hydrogen-bond acceptors (Lipinski definition) is 3. The van der Waals surface area contributed by atoms with Gasteiger partial charge in [-0.15, -0.1) is 0 Å². The molecule has 0 bridgehead atoms. The van der Waals surface area contributed by atoms with Gasteiger partial charge < -0.3 is 0 Å². The summed E-state index contributed by atoms with van der Waals surface area (Å²) >= 11 is 0. The Labute approximate surface area is 252 Å². The van der Waals surface area contributed by atoms with Crippen LogP contribution in [-0.4, -0.2) is 15.0 Å². The van der Waals surface area contributed by atoms with Crippen LogP contribution in [0.4, 0.5) is 0 Å². The van der Waals surface area contributed by atoms with Crippen LogP contribution >= 0.6 is 0 Å². The molecule has 3 heteroatoms. The molecule has 1 aliphatic rings. The molecular formula is C40H29N3. The quantitative estimate of drug-likeness (QED) is 0.185. The number of nitrogens with zero attached hydrogens (tertiary/aromatic N) is 3. The second-order valence-electron chi connectivity index (χ2n) is 10.6. The first-order chi connectivity index (χ1) is 21.3. The highest BCUT2D eigenvalue weighted by Gasteiger charge is 2.47. The molecule has 1 unspecified atom stereocenters. The van der Waals surface area contributed by atoms with Gasteiger partial charge in [0.05, 0.1) is 16.8 Å². The molecule has 204 valence electrons. The fourth-order valence-corrected chi connectivity index (χ4v) is 6.51. The summed E-state index contributed by atoms with van der Waals surface area (Å²) in [5.74, 6) is 0. The first kappa shape index (κ1) is 26.2. The number of hydrogen-bond donors (Lipinski definition) is 0. The van der Waals surface area contributed by atoms with Gasteiger partial charge >= 0.3 is 0 Å². The number of fused-ring (bicyclic) bond motifs is 3. The Balaban J connectivity index is 1.57. The first-order valence-corrected chi connectivity index (χ1v) is 14.3. The normalized spacial score (nSPS) is 15.4. The van der Waals surface area contributed by atoms with Crippen LogP contribution in [0.2, 0.25) is 0 Å². The predicted molar refractivity (Wildman–Crippen MR) is 176 cm³/mol. The Morgan fingerprint density at radius 2 is 1.33 bits per heavy atom. The van der Waals surface area contributed by atoms with Crippen LogP contribution in [0, 0.1) is 0 Å². The zero-order chi connectivity index (χ0) is 29.2. The summed E-state index contributed by atoms with van der Waals surface area (Å²) in [6.45, 7) is 8.01. The molecule has 3 aromatic carbocycles. The number of pyridine rings is 3. The Hall–Kier alpha value is -5.67. The van der Waals surface area contributed by atoms with Crippen molar-refractivity contribution in [3.63, 3.8) is 0 Å². The molecule has 3 aromatic heterocycles. The summed E-state index contributed by atoms with van der Waals surface area (Å²) in [5, 5.41) is 0. The summed E-state index contributed by atoms with van der Waals surface area (Å²) < 4.78 is 0. The highest BCUT2D eigenvalue weighted by molar-refractivity contribution is 5.95. The van der Waals surface area contributed by atoms with E-state index in [1.54, 1.807) is 12.3 Å². The minimum absolute atomic E-state index is 0.531. The molecule has 3 heterocycles. The molecule has 0 spiro atoms. The van der Waals surface area contributed by atoms with Crippen LogP contribution < -0.4 is 0 Å². The van der Waals surface area contributed by atoms with Crippen molar-refractivity contribution in [2.45, 2.75) is 5.41 Å². The van der Waals surface area contributed by atoms with Crippen molar-refractivity contribution >= 4 is 5.57 Å². The lowest BCUT2D eigenvalue weighted by molar-refractivity contribution is 0.763. The smallest absolute Gasteiger partial charge is 0.0731 e. The SMILES string of the molecule is C=C/C=C(\C=C)c1cc(-c2cccnc2)nc(-c2cccc3c2-c2ccccc2C3(c2ccccc2)c2cccnc2)c1. The van der Waals surface area contributed by atoms with Gasteiger partial charge in [0, 0.05) is 35.9 Å². The number of benzene rings is 3. The molecule has 0 saturated carbocycles. The van der Waals surface area contributed by atoms with Gasteiger partial charge in [0.15, 0.2) is 0 Å². The molecular weight excluding hydrogens is 522 g/mol. The van der Waals surface area contributed by atoms with Gasteiger partial charge in [0.2, 0.25) is 0 Å². The zero-order valence-corrected chi connectivity index (χ0v) is 23.7. The Bertz CT molecular complexity index is 1950. The molecule has 0 radical (unpaired) electrons. The highest BCUT2D eigenvalue weighted by Crippen LogP contribution is 2.58. The molecule has 3 nitrogen and oxygen atoms in total. The van der Waals surface area contributed by atoms with Crippen LogP contribution in [0.15, 0.2) is 165 Å². The van der Waals surface area contributed by atoms with Crippen molar-refractivity contribution in [2.75, 3.05) is 0 Å². The minimum atomic E-state index is -0.531. The molecule has 0 aliphatic heterocycles. The summed E-state index contributed by atoms with van der Waals surface area (Å²) in [7, 11) is 0. The van der Waals surface area contributed by atoms with Crippen LogP contribution in [0.25, 0.3) is 39.2 Å². The van der Waals surface area contributed by atoms with E-state index < -0.39 is 5.41 Å². The van der Waals surface area contributed by atoms with E-state index in [1.165, 1.54) is 27.8 Å². The van der Waals surface area contributed by atoms with Crippen LogP contribution in [-0.2, 0) is 5.41 Å². The topological polar surface area (TPSA) is 38.7 Å². The van der Waals surface area contributed by atoms with Gasteiger partial charge in [-0.05, 0) is 74.8 Å². The van der Waals surface area contributed by atoms with Gasteiger partial charge in [-0.25, -0.2) is 4.98 Å². The number of allylic oxidation sites excluding steroid dienone is 4. The third-order valence-corrected chi connectivity index (χ3v) is 8.28. The third kappa shape index (κ3) is 4.25. The average molecular weight is 552 g/mol. The lowest BCUT2D eigenvalue weighted by Gasteiger charge is -2.33. The monoisotopic (exact) mass is 551 g/mol. The van der Waals surface area contributed by atoms with Gasteiger partial charge in [0.1, 0.15) is 0 Å². The van der Waals surface area contributed by atoms with E-state index in [9.17, 15) is 0 Å². The van der Waals surface area contributed by atoms with E-state index in [2.05, 4.69) is 114 Å². The van der Waals surface area contributed by atoms with Crippen LogP contribution in [0.3, 0.4) is 0 Å². The molecule has 6 aromatic rings. The minimum Gasteiger partial charge on any atom is -0.264 e. The molecule has 43 heavy (non-hydrogen) atoms. The van der Waals surface area contributed by atoms with Gasteiger partial charge in [-0.3, -0.25) is 9.97 Å². The maximum absolute atomic E-state index is 5.25. The standard InChI is InChI=1S/C40H29N3/c1-3-13-28(4-2)30-24-37(29-14-11-22-41-26-29)43-38(25-30)34-19-10-21-36-39(34)33-18-8-9-20-35(33)40(36,31-15-6-5-7-16-31)32-17-12-23-42-27-32/h3-27H,1-2H2/b28-13+. The van der Waals surface area contributed by atoms with Crippen molar-refractivity contribution in [3.8, 4) is 33.6 Å². The summed E-state index contributed by atoms with van der Waals surface area (Å²) in [4.78, 5) is 14.2. The maximum atomic E-state index is 5.25. The lowest BCUT2D eigenvalue weighted by atomic mass is 9.68. The van der Waals surface area contributed by atoms with E-state index in [1.807, 2.05) is 48.9 Å². The number of rotatable bonds is 7. The largest absolute Gasteiger partial charge is 0.264 e. The second-order valence-corrected chi connectivity index (χ2v) is 10.6. The van der Waals surface area contributed by atoms with Crippen molar-refractivity contribution in [1.29, 1.82) is 0 Å². The van der Waals surface area contributed by atoms with Gasteiger partial charge in [0.25, 0.3) is 0 Å². The summed E-state index contributed by atoms with van der Waals surface area (Å²) in [6, 6.07) is 38.5. The molecule has 0 saturated heterocycles. The lowest BCUT2D eigenvalue weighted by Crippen LogP contribution is -2.28. The van der Waals surface area contributed by atoms with Crippen molar-refractivity contribution < 1.29 is 0 Å². The van der Waals surface area contributed by atoms with E-state index in [0.29, 0.717) is 0 Å². The van der Waals surface area contributed by atoms with E-state index in [4.69, 9.17) is 4.98 Å². The molecule has 1 atom stereocenters. The second kappa shape index (κ2) is 11.0. The fourth-order valence-electron chi connectivity index (χ4n) is 6.51. The molecule has 0 fully saturated rings. The predicted octanol–water partition coefficient (Wildman–Crippen LogP) is 9.32. The maximum Gasteiger partial charge on any atom is 0.0731 e. The van der Waals surface area contributed by atoms with Gasteiger partial charge in [-0.2, -0.15) is 0 Å². The van der Waals surface area contributed by atoms with Crippen LogP contribution in [0.1, 0.15) is 27.8 Å². The Kier molecular flexibility index (Phi) is 6.69. The molecule has 7 rings (SSSR count). The third-order valence-electron chi connectivity index (χ3n) is 8.28. The zero-order valence-electron chi connectivity index (χ0n) is 23.7. The fraction of sp³-hybridized carbons (Fsp3) is 0.0250. The highest BCUT2D eigenvalue weighted by atomic mass is 14.7. The first-order valence-electron chi connectivity index (χ1n) is 14.3. The average Bonchev–Trinajstić information content (AvgIpc) is 3.39. The number of aromatic nitrogens is 3. The van der Waals surface area contributed by atoms with E-state index in [-0.39, 0.29) is 0 Å². The molecule has 1 aliphatic carbocycles. The summed E-state index contributed by atoms with van der Waals surface area (Å²) in [5.41, 5.74) is 12.4. The molecule has 0 amide bonds. The van der Waals surface area contributed by atoms with E-state index >= 15 is 0 Å². The van der Waals surface area contributed by atoms with E-state index in [0.717, 1.165) is 39.2 Å². The van der Waals surface area contributed by atoms with Crippen LogP contribution in [0.5, 0.6) is 0 Å². The Morgan fingerprint density at radius 3 is 2.07 bits per heavy atom.